The summed E-state index contributed by atoms with van der Waals surface area (Å²) in [6.07, 6.45) is 0. The zero-order valence-corrected chi connectivity index (χ0v) is 13.0. The van der Waals surface area contributed by atoms with Gasteiger partial charge in [0.05, 0.1) is 4.90 Å². The lowest BCUT2D eigenvalue weighted by molar-refractivity contribution is 0.570. The lowest BCUT2D eigenvalue weighted by Gasteiger charge is -2.10. The molecule has 110 valence electrons. The van der Waals surface area contributed by atoms with Gasteiger partial charge in [0.25, 0.3) is 0 Å². The van der Waals surface area contributed by atoms with Crippen LogP contribution in [0.25, 0.3) is 11.3 Å². The predicted molar refractivity (Wildman–Crippen MR) is 81.0 cm³/mol. The van der Waals surface area contributed by atoms with Crippen LogP contribution in [0.3, 0.4) is 0 Å². The van der Waals surface area contributed by atoms with E-state index >= 15 is 0 Å². The topological polar surface area (TPSA) is 74.9 Å². The van der Waals surface area contributed by atoms with Crippen LogP contribution >= 0.6 is 0 Å². The van der Waals surface area contributed by atoms with Crippen molar-refractivity contribution in [1.29, 1.82) is 5.26 Å². The molecule has 0 spiro atoms. The van der Waals surface area contributed by atoms with E-state index in [0.29, 0.717) is 5.69 Å². The van der Waals surface area contributed by atoms with Gasteiger partial charge in [-0.3, -0.25) is 0 Å². The number of hydrogen-bond acceptors (Lipinski definition) is 3. The summed E-state index contributed by atoms with van der Waals surface area (Å²) in [5.74, 6) is 0. The highest BCUT2D eigenvalue weighted by Crippen LogP contribution is 2.23. The molecule has 6 heteroatoms. The molecule has 0 fully saturated rings. The predicted octanol–water partition coefficient (Wildman–Crippen LogP) is 2.25. The molecule has 1 aromatic heterocycles. The Labute approximate surface area is 124 Å². The molecule has 0 atom stereocenters. The summed E-state index contributed by atoms with van der Waals surface area (Å²) < 4.78 is 28.4. The van der Waals surface area contributed by atoms with Gasteiger partial charge in [0, 0.05) is 18.8 Å². The molecule has 5 nitrogen and oxygen atoms in total. The van der Waals surface area contributed by atoms with E-state index < -0.39 is 10.0 Å². The fraction of sp³-hybridized carbons (Fsp3) is 0.267. The van der Waals surface area contributed by atoms with Crippen molar-refractivity contribution >= 4 is 10.0 Å². The molecule has 1 heterocycles. The van der Waals surface area contributed by atoms with Crippen molar-refractivity contribution in [2.24, 2.45) is 7.05 Å². The van der Waals surface area contributed by atoms with Gasteiger partial charge in [-0.2, -0.15) is 5.26 Å². The third-order valence-corrected chi connectivity index (χ3v) is 4.76. The Kier molecular flexibility index (Phi) is 4.16. The van der Waals surface area contributed by atoms with Crippen LogP contribution in [-0.2, 0) is 17.1 Å². The van der Waals surface area contributed by atoms with Crippen LogP contribution in [0.15, 0.2) is 41.3 Å². The Morgan fingerprint density at radius 2 is 1.76 bits per heavy atom. The normalized spacial score (nSPS) is 11.6. The molecule has 0 saturated heterocycles. The molecule has 1 N–H and O–H groups in total. The first kappa shape index (κ1) is 15.3. The Morgan fingerprint density at radius 1 is 1.14 bits per heavy atom. The second-order valence-corrected chi connectivity index (χ2v) is 6.79. The van der Waals surface area contributed by atoms with Gasteiger partial charge in [-0.15, -0.1) is 0 Å². The summed E-state index contributed by atoms with van der Waals surface area (Å²) in [7, 11) is -1.67. The van der Waals surface area contributed by atoms with Gasteiger partial charge in [0.2, 0.25) is 10.0 Å². The number of rotatable bonds is 4. The number of nitriles is 1. The van der Waals surface area contributed by atoms with Crippen LogP contribution in [0.4, 0.5) is 0 Å². The first-order valence-electron chi connectivity index (χ1n) is 6.54. The number of sulfonamides is 1. The maximum Gasteiger partial charge on any atom is 0.240 e. The zero-order valence-electron chi connectivity index (χ0n) is 12.2. The van der Waals surface area contributed by atoms with E-state index in [2.05, 4.69) is 10.8 Å². The zero-order chi connectivity index (χ0) is 15.6. The van der Waals surface area contributed by atoms with Crippen LogP contribution < -0.4 is 4.72 Å². The van der Waals surface area contributed by atoms with Crippen molar-refractivity contribution in [1.82, 2.24) is 9.29 Å². The summed E-state index contributed by atoms with van der Waals surface area (Å²) >= 11 is 0. The molecule has 0 amide bonds. The standard InChI is InChI=1S/C15H17N3O2S/c1-11(2)17-21(19,20)14-7-4-12(5-8-14)15-9-6-13(10-16)18(15)3/h4-9,11,17H,1-3H3. The van der Waals surface area contributed by atoms with Gasteiger partial charge in [0.1, 0.15) is 11.8 Å². The average Bonchev–Trinajstić information content (AvgIpc) is 2.78. The highest BCUT2D eigenvalue weighted by atomic mass is 32.2. The second kappa shape index (κ2) is 5.72. The van der Waals surface area contributed by atoms with Crippen LogP contribution in [0.5, 0.6) is 0 Å². The quantitative estimate of drug-likeness (QED) is 0.941. The Hall–Kier alpha value is -2.10. The molecule has 1 aromatic carbocycles. The Morgan fingerprint density at radius 3 is 2.24 bits per heavy atom. The van der Waals surface area contributed by atoms with Crippen LogP contribution in [0.2, 0.25) is 0 Å². The lowest BCUT2D eigenvalue weighted by atomic mass is 10.1. The Bertz CT molecular complexity index is 781. The lowest BCUT2D eigenvalue weighted by Crippen LogP contribution is -2.30. The van der Waals surface area contributed by atoms with Crippen molar-refractivity contribution in [3.8, 4) is 17.3 Å². The van der Waals surface area contributed by atoms with Gasteiger partial charge in [-0.1, -0.05) is 12.1 Å². The molecule has 21 heavy (non-hydrogen) atoms. The van der Waals surface area contributed by atoms with E-state index in [0.717, 1.165) is 11.3 Å². The van der Waals surface area contributed by atoms with Crippen molar-refractivity contribution in [2.75, 3.05) is 0 Å². The Balaban J connectivity index is 2.36. The third-order valence-electron chi connectivity index (χ3n) is 3.09. The maximum absolute atomic E-state index is 12.0. The van der Waals surface area contributed by atoms with E-state index in [1.165, 1.54) is 0 Å². The molecule has 0 aliphatic carbocycles. The molecule has 0 aliphatic rings. The molecule has 0 saturated carbocycles. The number of hydrogen-bond donors (Lipinski definition) is 1. The molecule has 2 aromatic rings. The van der Waals surface area contributed by atoms with Crippen molar-refractivity contribution in [2.45, 2.75) is 24.8 Å². The van der Waals surface area contributed by atoms with Crippen molar-refractivity contribution in [3.63, 3.8) is 0 Å². The molecular weight excluding hydrogens is 286 g/mol. The molecule has 0 bridgehead atoms. The number of nitrogens with zero attached hydrogens (tertiary/aromatic N) is 2. The number of nitrogens with one attached hydrogen (secondary N) is 1. The number of aromatic nitrogens is 1. The summed E-state index contributed by atoms with van der Waals surface area (Å²) in [5, 5.41) is 8.95. The van der Waals surface area contributed by atoms with Crippen LogP contribution in [0.1, 0.15) is 19.5 Å². The summed E-state index contributed by atoms with van der Waals surface area (Å²) in [6.45, 7) is 3.55. The maximum atomic E-state index is 12.0. The van der Waals surface area contributed by atoms with E-state index in [1.807, 2.05) is 6.07 Å². The van der Waals surface area contributed by atoms with Gasteiger partial charge in [-0.05, 0) is 43.7 Å². The van der Waals surface area contributed by atoms with E-state index in [-0.39, 0.29) is 10.9 Å². The van der Waals surface area contributed by atoms with E-state index in [1.54, 1.807) is 55.8 Å². The largest absolute Gasteiger partial charge is 0.335 e. The van der Waals surface area contributed by atoms with Crippen LogP contribution in [0, 0.1) is 11.3 Å². The fourth-order valence-electron chi connectivity index (χ4n) is 2.10. The fourth-order valence-corrected chi connectivity index (χ4v) is 3.35. The molecule has 0 radical (unpaired) electrons. The SMILES string of the molecule is CC(C)NS(=O)(=O)c1ccc(-c2ccc(C#N)n2C)cc1. The smallest absolute Gasteiger partial charge is 0.240 e. The molecule has 2 rings (SSSR count). The number of benzene rings is 1. The summed E-state index contributed by atoms with van der Waals surface area (Å²) in [5.41, 5.74) is 2.29. The molecular formula is C15H17N3O2S. The van der Waals surface area contributed by atoms with Crippen molar-refractivity contribution < 1.29 is 8.42 Å². The second-order valence-electron chi connectivity index (χ2n) is 5.08. The summed E-state index contributed by atoms with van der Waals surface area (Å²) in [6, 6.07) is 12.1. The highest BCUT2D eigenvalue weighted by molar-refractivity contribution is 7.89. The monoisotopic (exact) mass is 303 g/mol. The minimum Gasteiger partial charge on any atom is -0.335 e. The van der Waals surface area contributed by atoms with Gasteiger partial charge < -0.3 is 4.57 Å². The third kappa shape index (κ3) is 3.15. The van der Waals surface area contributed by atoms with Crippen LogP contribution in [-0.4, -0.2) is 19.0 Å². The minimum absolute atomic E-state index is 0.152. The first-order valence-corrected chi connectivity index (χ1v) is 8.02. The summed E-state index contributed by atoms with van der Waals surface area (Å²) in [4.78, 5) is 0.231. The van der Waals surface area contributed by atoms with E-state index in [9.17, 15) is 8.42 Å². The first-order chi connectivity index (χ1) is 9.85. The van der Waals surface area contributed by atoms with Crippen molar-refractivity contribution in [3.05, 3.63) is 42.1 Å². The highest BCUT2D eigenvalue weighted by Gasteiger charge is 2.15. The van der Waals surface area contributed by atoms with Gasteiger partial charge >= 0.3 is 0 Å². The van der Waals surface area contributed by atoms with Gasteiger partial charge in [-0.25, -0.2) is 13.1 Å². The molecule has 0 aliphatic heterocycles. The van der Waals surface area contributed by atoms with E-state index in [4.69, 9.17) is 5.26 Å². The van der Waals surface area contributed by atoms with Gasteiger partial charge in [0.15, 0.2) is 0 Å². The molecule has 0 unspecified atom stereocenters. The average molecular weight is 303 g/mol. The minimum atomic E-state index is -3.48.